The van der Waals surface area contributed by atoms with Crippen molar-refractivity contribution in [3.05, 3.63) is 24.3 Å². The van der Waals surface area contributed by atoms with E-state index in [0.29, 0.717) is 6.42 Å². The van der Waals surface area contributed by atoms with E-state index in [1.54, 1.807) is 4.80 Å². The van der Waals surface area contributed by atoms with Crippen LogP contribution >= 0.6 is 0 Å². The van der Waals surface area contributed by atoms with Crippen molar-refractivity contribution in [1.82, 2.24) is 15.0 Å². The maximum atomic E-state index is 10.5. The molecule has 5 heteroatoms. The summed E-state index contributed by atoms with van der Waals surface area (Å²) < 4.78 is 0. The summed E-state index contributed by atoms with van der Waals surface area (Å²) in [5.41, 5.74) is 6.91. The van der Waals surface area contributed by atoms with Crippen LogP contribution in [-0.4, -0.2) is 20.9 Å². The van der Waals surface area contributed by atoms with Gasteiger partial charge in [0, 0.05) is 6.42 Å². The van der Waals surface area contributed by atoms with Crippen LogP contribution in [-0.2, 0) is 11.3 Å². The lowest BCUT2D eigenvalue weighted by Gasteiger charge is -1.98. The Morgan fingerprint density at radius 1 is 1.12 bits per heavy atom. The van der Waals surface area contributed by atoms with Gasteiger partial charge in [0.1, 0.15) is 11.0 Å². The standard InChI is InChI=1S/C12H16N4O/c13-12(17)8-2-1-5-9-16-14-10-6-3-4-7-11(10)15-16/h3-4,6-7H,1-2,5,8-9H2,(H2,13,17). The summed E-state index contributed by atoms with van der Waals surface area (Å²) in [6.45, 7) is 0.785. The predicted molar refractivity (Wildman–Crippen MR) is 65.2 cm³/mol. The van der Waals surface area contributed by atoms with Crippen molar-refractivity contribution in [2.75, 3.05) is 0 Å². The van der Waals surface area contributed by atoms with Crippen molar-refractivity contribution in [3.8, 4) is 0 Å². The second kappa shape index (κ2) is 5.43. The number of amides is 1. The molecule has 2 aromatic rings. The first-order chi connectivity index (χ1) is 8.25. The van der Waals surface area contributed by atoms with E-state index >= 15 is 0 Å². The monoisotopic (exact) mass is 232 g/mol. The lowest BCUT2D eigenvalue weighted by molar-refractivity contribution is -0.118. The van der Waals surface area contributed by atoms with Crippen molar-refractivity contribution in [3.63, 3.8) is 0 Å². The zero-order chi connectivity index (χ0) is 12.1. The summed E-state index contributed by atoms with van der Waals surface area (Å²) in [6, 6.07) is 7.81. The number of hydrogen-bond donors (Lipinski definition) is 1. The van der Waals surface area contributed by atoms with Crippen LogP contribution in [0.3, 0.4) is 0 Å². The minimum absolute atomic E-state index is 0.229. The van der Waals surface area contributed by atoms with Crippen molar-refractivity contribution in [2.24, 2.45) is 5.73 Å². The van der Waals surface area contributed by atoms with Crippen LogP contribution in [0.15, 0.2) is 24.3 Å². The van der Waals surface area contributed by atoms with Gasteiger partial charge in [-0.3, -0.25) is 4.79 Å². The molecule has 1 aromatic carbocycles. The summed E-state index contributed by atoms with van der Waals surface area (Å²) >= 11 is 0. The van der Waals surface area contributed by atoms with Crippen LogP contribution in [0.5, 0.6) is 0 Å². The highest BCUT2D eigenvalue weighted by Gasteiger charge is 2.01. The number of unbranched alkanes of at least 4 members (excludes halogenated alkanes) is 2. The number of carbonyl (C=O) groups is 1. The van der Waals surface area contributed by atoms with Crippen molar-refractivity contribution < 1.29 is 4.79 Å². The summed E-state index contributed by atoms with van der Waals surface area (Å²) in [4.78, 5) is 12.3. The molecule has 2 N–H and O–H groups in total. The van der Waals surface area contributed by atoms with E-state index in [9.17, 15) is 4.79 Å². The van der Waals surface area contributed by atoms with Crippen LogP contribution < -0.4 is 5.73 Å². The third-order valence-corrected chi connectivity index (χ3v) is 2.61. The van der Waals surface area contributed by atoms with Gasteiger partial charge in [-0.1, -0.05) is 18.6 Å². The summed E-state index contributed by atoms with van der Waals surface area (Å²) in [5.74, 6) is -0.229. The Bertz CT molecular complexity index is 473. The van der Waals surface area contributed by atoms with Gasteiger partial charge in [0.15, 0.2) is 0 Å². The molecule has 0 unspecified atom stereocenters. The lowest BCUT2D eigenvalue weighted by atomic mass is 10.2. The van der Waals surface area contributed by atoms with Gasteiger partial charge in [0.05, 0.1) is 6.54 Å². The fourth-order valence-corrected chi connectivity index (χ4v) is 1.73. The van der Waals surface area contributed by atoms with Crippen LogP contribution in [0.25, 0.3) is 11.0 Å². The number of aryl methyl sites for hydroxylation is 1. The van der Waals surface area contributed by atoms with Gasteiger partial charge in [-0.2, -0.15) is 15.0 Å². The first-order valence-electron chi connectivity index (χ1n) is 5.84. The van der Waals surface area contributed by atoms with Gasteiger partial charge in [0.25, 0.3) is 0 Å². The smallest absolute Gasteiger partial charge is 0.217 e. The van der Waals surface area contributed by atoms with E-state index in [2.05, 4.69) is 10.2 Å². The second-order valence-corrected chi connectivity index (χ2v) is 4.06. The summed E-state index contributed by atoms with van der Waals surface area (Å²) in [7, 11) is 0. The van der Waals surface area contributed by atoms with Crippen LogP contribution in [0, 0.1) is 0 Å². The largest absolute Gasteiger partial charge is 0.370 e. The van der Waals surface area contributed by atoms with Gasteiger partial charge in [-0.05, 0) is 25.0 Å². The molecule has 90 valence electrons. The van der Waals surface area contributed by atoms with Crippen LogP contribution in [0.1, 0.15) is 25.7 Å². The molecular formula is C12H16N4O. The Kier molecular flexibility index (Phi) is 3.69. The molecule has 17 heavy (non-hydrogen) atoms. The predicted octanol–water partition coefficient (Wildman–Crippen LogP) is 1.48. The molecule has 0 bridgehead atoms. The number of nitrogens with two attached hydrogens (primary N) is 1. The topological polar surface area (TPSA) is 73.8 Å². The van der Waals surface area contributed by atoms with E-state index < -0.39 is 0 Å². The van der Waals surface area contributed by atoms with Crippen LogP contribution in [0.4, 0.5) is 0 Å². The zero-order valence-electron chi connectivity index (χ0n) is 9.67. The van der Waals surface area contributed by atoms with Gasteiger partial charge in [-0.25, -0.2) is 0 Å². The second-order valence-electron chi connectivity index (χ2n) is 4.06. The molecule has 0 fully saturated rings. The van der Waals surface area contributed by atoms with E-state index in [1.165, 1.54) is 0 Å². The Labute approximate surface area is 99.6 Å². The normalized spacial score (nSPS) is 10.8. The first-order valence-corrected chi connectivity index (χ1v) is 5.84. The molecular weight excluding hydrogens is 216 g/mol. The SMILES string of the molecule is NC(=O)CCCCCn1nc2ccccc2n1. The van der Waals surface area contributed by atoms with Gasteiger partial charge < -0.3 is 5.73 Å². The molecule has 1 amide bonds. The van der Waals surface area contributed by atoms with E-state index in [4.69, 9.17) is 5.73 Å². The molecule has 0 saturated carbocycles. The molecule has 0 atom stereocenters. The Morgan fingerprint density at radius 3 is 2.35 bits per heavy atom. The molecule has 0 aliphatic rings. The first kappa shape index (κ1) is 11.6. The molecule has 0 aliphatic heterocycles. The molecule has 0 saturated heterocycles. The van der Waals surface area contributed by atoms with Crippen molar-refractivity contribution in [1.29, 1.82) is 0 Å². The highest BCUT2D eigenvalue weighted by atomic mass is 16.1. The molecule has 0 radical (unpaired) electrons. The Hall–Kier alpha value is -1.91. The highest BCUT2D eigenvalue weighted by molar-refractivity contribution is 5.73. The Balaban J connectivity index is 1.81. The fourth-order valence-electron chi connectivity index (χ4n) is 1.73. The molecule has 1 aromatic heterocycles. The number of aromatic nitrogens is 3. The Morgan fingerprint density at radius 2 is 1.76 bits per heavy atom. The maximum absolute atomic E-state index is 10.5. The number of carbonyl (C=O) groups excluding carboxylic acids is 1. The van der Waals surface area contributed by atoms with Crippen molar-refractivity contribution >= 4 is 16.9 Å². The average molecular weight is 232 g/mol. The number of rotatable bonds is 6. The van der Waals surface area contributed by atoms with Crippen LogP contribution in [0.2, 0.25) is 0 Å². The third kappa shape index (κ3) is 3.27. The quantitative estimate of drug-likeness (QED) is 0.766. The molecule has 5 nitrogen and oxygen atoms in total. The summed E-state index contributed by atoms with van der Waals surface area (Å²) in [5, 5.41) is 8.72. The third-order valence-electron chi connectivity index (χ3n) is 2.61. The highest BCUT2D eigenvalue weighted by Crippen LogP contribution is 2.08. The van der Waals surface area contributed by atoms with E-state index in [1.807, 2.05) is 24.3 Å². The van der Waals surface area contributed by atoms with Crippen molar-refractivity contribution in [2.45, 2.75) is 32.2 Å². The lowest BCUT2D eigenvalue weighted by Crippen LogP contribution is -2.09. The zero-order valence-corrected chi connectivity index (χ0v) is 9.67. The minimum atomic E-state index is -0.229. The summed E-state index contributed by atoms with van der Waals surface area (Å²) in [6.07, 6.45) is 3.25. The van der Waals surface area contributed by atoms with Gasteiger partial charge in [0.2, 0.25) is 5.91 Å². The van der Waals surface area contributed by atoms with Gasteiger partial charge >= 0.3 is 0 Å². The number of fused-ring (bicyclic) bond motifs is 1. The number of benzene rings is 1. The number of nitrogens with zero attached hydrogens (tertiary/aromatic N) is 3. The van der Waals surface area contributed by atoms with E-state index in [0.717, 1.165) is 36.8 Å². The van der Waals surface area contributed by atoms with E-state index in [-0.39, 0.29) is 5.91 Å². The average Bonchev–Trinajstić information content (AvgIpc) is 2.70. The molecule has 2 rings (SSSR count). The molecule has 0 spiro atoms. The van der Waals surface area contributed by atoms with Gasteiger partial charge in [-0.15, -0.1) is 0 Å². The maximum Gasteiger partial charge on any atom is 0.217 e. The number of hydrogen-bond acceptors (Lipinski definition) is 3. The minimum Gasteiger partial charge on any atom is -0.370 e. The molecule has 1 heterocycles. The number of primary amides is 1. The fraction of sp³-hybridized carbons (Fsp3) is 0.417. The molecule has 0 aliphatic carbocycles.